The van der Waals surface area contributed by atoms with Gasteiger partial charge in [-0.15, -0.1) is 11.8 Å². The van der Waals surface area contributed by atoms with Crippen LogP contribution < -0.4 is 10.6 Å². The maximum atomic E-state index is 12.8. The average Bonchev–Trinajstić information content (AvgIpc) is 2.76. The normalized spacial score (nSPS) is 12.2. The number of benzene rings is 3. The molecule has 0 radical (unpaired) electrons. The molecule has 2 amide bonds. The van der Waals surface area contributed by atoms with Crippen LogP contribution in [-0.2, 0) is 22.2 Å². The number of amides is 2. The van der Waals surface area contributed by atoms with Gasteiger partial charge < -0.3 is 10.6 Å². The molecule has 0 aromatic heterocycles. The molecule has 3 aromatic rings. The Kier molecular flexibility index (Phi) is 8.05. The van der Waals surface area contributed by atoms with E-state index in [4.69, 9.17) is 11.6 Å². The highest BCUT2D eigenvalue weighted by Gasteiger charge is 2.30. The SMILES string of the molecule is CC(Sc1ccc(NC(=O)Cc2ccc(Cl)cc2)cc1)C(=O)Nc1cccc(C(F)(F)F)c1. The van der Waals surface area contributed by atoms with Crippen LogP contribution in [0.5, 0.6) is 0 Å². The number of hydrogen-bond donors (Lipinski definition) is 2. The number of thioether (sulfide) groups is 1. The molecule has 1 unspecified atom stereocenters. The Labute approximate surface area is 198 Å². The second-order valence-corrected chi connectivity index (χ2v) is 9.05. The molecule has 4 nitrogen and oxygen atoms in total. The van der Waals surface area contributed by atoms with E-state index in [-0.39, 0.29) is 18.0 Å². The van der Waals surface area contributed by atoms with Crippen LogP contribution in [0.1, 0.15) is 18.1 Å². The van der Waals surface area contributed by atoms with Gasteiger partial charge in [0.25, 0.3) is 0 Å². The van der Waals surface area contributed by atoms with Crippen LogP contribution in [0.2, 0.25) is 5.02 Å². The molecule has 0 aliphatic rings. The molecule has 0 aliphatic heterocycles. The Hall–Kier alpha value is -2.97. The standard InChI is InChI=1S/C24H20ClF3N2O2S/c1-15(23(32)30-20-4-2-3-17(14-20)24(26,27)28)33-21-11-9-19(10-12-21)29-22(31)13-16-5-7-18(25)8-6-16/h2-12,14-15H,13H2,1H3,(H,29,31)(H,30,32). The number of alkyl halides is 3. The van der Waals surface area contributed by atoms with E-state index in [9.17, 15) is 22.8 Å². The van der Waals surface area contributed by atoms with Crippen molar-refractivity contribution >= 4 is 46.6 Å². The Bertz CT molecular complexity index is 1120. The minimum atomic E-state index is -4.48. The molecule has 2 N–H and O–H groups in total. The van der Waals surface area contributed by atoms with Crippen molar-refractivity contribution in [2.45, 2.75) is 29.7 Å². The fraction of sp³-hybridized carbons (Fsp3) is 0.167. The minimum Gasteiger partial charge on any atom is -0.326 e. The fourth-order valence-electron chi connectivity index (χ4n) is 2.88. The van der Waals surface area contributed by atoms with Gasteiger partial charge >= 0.3 is 6.18 Å². The number of anilines is 2. The summed E-state index contributed by atoms with van der Waals surface area (Å²) in [6, 6.07) is 18.5. The molecule has 0 saturated carbocycles. The van der Waals surface area contributed by atoms with E-state index in [1.54, 1.807) is 55.5 Å². The molecule has 0 spiro atoms. The third-order valence-electron chi connectivity index (χ3n) is 4.56. The van der Waals surface area contributed by atoms with E-state index in [0.29, 0.717) is 10.7 Å². The van der Waals surface area contributed by atoms with Crippen LogP contribution in [0.3, 0.4) is 0 Å². The van der Waals surface area contributed by atoms with E-state index in [1.807, 2.05) is 0 Å². The van der Waals surface area contributed by atoms with Gasteiger partial charge in [-0.3, -0.25) is 9.59 Å². The van der Waals surface area contributed by atoms with E-state index in [2.05, 4.69) is 10.6 Å². The Morgan fingerprint density at radius 1 is 0.939 bits per heavy atom. The third-order valence-corrected chi connectivity index (χ3v) is 5.92. The van der Waals surface area contributed by atoms with Gasteiger partial charge in [0, 0.05) is 21.3 Å². The number of carbonyl (C=O) groups is 2. The van der Waals surface area contributed by atoms with E-state index < -0.39 is 22.9 Å². The zero-order valence-electron chi connectivity index (χ0n) is 17.4. The minimum absolute atomic E-state index is 0.0843. The molecular formula is C24H20ClF3N2O2S. The summed E-state index contributed by atoms with van der Waals surface area (Å²) in [7, 11) is 0. The number of rotatable bonds is 7. The van der Waals surface area contributed by atoms with Gasteiger partial charge in [-0.1, -0.05) is 29.8 Å². The molecule has 33 heavy (non-hydrogen) atoms. The molecule has 3 rings (SSSR count). The molecule has 0 bridgehead atoms. The maximum Gasteiger partial charge on any atom is 0.416 e. The Balaban J connectivity index is 1.53. The summed E-state index contributed by atoms with van der Waals surface area (Å²) >= 11 is 7.10. The number of nitrogens with one attached hydrogen (secondary N) is 2. The van der Waals surface area contributed by atoms with E-state index >= 15 is 0 Å². The van der Waals surface area contributed by atoms with Crippen LogP contribution >= 0.6 is 23.4 Å². The third kappa shape index (κ3) is 7.54. The zero-order valence-corrected chi connectivity index (χ0v) is 19.0. The summed E-state index contributed by atoms with van der Waals surface area (Å²) < 4.78 is 38.5. The fourth-order valence-corrected chi connectivity index (χ4v) is 3.88. The predicted molar refractivity (Wildman–Crippen MR) is 126 cm³/mol. The first-order valence-corrected chi connectivity index (χ1v) is 11.1. The molecule has 0 aliphatic carbocycles. The van der Waals surface area contributed by atoms with Crippen molar-refractivity contribution in [2.24, 2.45) is 0 Å². The molecule has 1 atom stereocenters. The van der Waals surface area contributed by atoms with Crippen LogP contribution in [0, 0.1) is 0 Å². The summed E-state index contributed by atoms with van der Waals surface area (Å²) in [5.41, 5.74) is 0.708. The first-order valence-electron chi connectivity index (χ1n) is 9.89. The molecule has 0 saturated heterocycles. The van der Waals surface area contributed by atoms with Crippen molar-refractivity contribution in [1.29, 1.82) is 0 Å². The average molecular weight is 493 g/mol. The maximum absolute atomic E-state index is 12.8. The number of halogens is 4. The first-order chi connectivity index (χ1) is 15.6. The summed E-state index contributed by atoms with van der Waals surface area (Å²) in [6.07, 6.45) is -4.27. The Morgan fingerprint density at radius 3 is 2.24 bits per heavy atom. The monoisotopic (exact) mass is 492 g/mol. The molecule has 172 valence electrons. The lowest BCUT2D eigenvalue weighted by molar-refractivity contribution is -0.137. The van der Waals surface area contributed by atoms with Gasteiger partial charge in [0.1, 0.15) is 0 Å². The van der Waals surface area contributed by atoms with Crippen molar-refractivity contribution in [1.82, 2.24) is 0 Å². The molecule has 0 heterocycles. The van der Waals surface area contributed by atoms with Crippen molar-refractivity contribution in [3.8, 4) is 0 Å². The van der Waals surface area contributed by atoms with Crippen LogP contribution in [0.15, 0.2) is 77.7 Å². The summed E-state index contributed by atoms with van der Waals surface area (Å²) in [5.74, 6) is -0.591. The zero-order chi connectivity index (χ0) is 24.0. The molecular weight excluding hydrogens is 473 g/mol. The van der Waals surface area contributed by atoms with Gasteiger partial charge in [-0.05, 0) is 67.1 Å². The van der Waals surface area contributed by atoms with Crippen molar-refractivity contribution in [3.63, 3.8) is 0 Å². The molecule has 0 fully saturated rings. The number of carbonyl (C=O) groups excluding carboxylic acids is 2. The van der Waals surface area contributed by atoms with Crippen LogP contribution in [-0.4, -0.2) is 17.1 Å². The summed E-state index contributed by atoms with van der Waals surface area (Å²) in [5, 5.41) is 5.37. The van der Waals surface area contributed by atoms with Gasteiger partial charge in [-0.25, -0.2) is 0 Å². The Morgan fingerprint density at radius 2 is 1.61 bits per heavy atom. The van der Waals surface area contributed by atoms with Gasteiger partial charge in [0.2, 0.25) is 11.8 Å². The van der Waals surface area contributed by atoms with Gasteiger partial charge in [0.05, 0.1) is 17.2 Å². The highest BCUT2D eigenvalue weighted by molar-refractivity contribution is 8.00. The highest BCUT2D eigenvalue weighted by Crippen LogP contribution is 2.31. The summed E-state index contributed by atoms with van der Waals surface area (Å²) in [4.78, 5) is 25.4. The van der Waals surface area contributed by atoms with Crippen molar-refractivity contribution in [2.75, 3.05) is 10.6 Å². The quantitative estimate of drug-likeness (QED) is 0.363. The highest BCUT2D eigenvalue weighted by atomic mass is 35.5. The first kappa shape index (κ1) is 24.7. The predicted octanol–water partition coefficient (Wildman–Crippen LogP) is 6.66. The largest absolute Gasteiger partial charge is 0.416 e. The lowest BCUT2D eigenvalue weighted by atomic mass is 10.1. The molecule has 3 aromatic carbocycles. The van der Waals surface area contributed by atoms with Crippen LogP contribution in [0.25, 0.3) is 0 Å². The summed E-state index contributed by atoms with van der Waals surface area (Å²) in [6.45, 7) is 1.66. The second-order valence-electron chi connectivity index (χ2n) is 7.20. The van der Waals surface area contributed by atoms with E-state index in [0.717, 1.165) is 22.6 Å². The van der Waals surface area contributed by atoms with Crippen molar-refractivity contribution in [3.05, 3.63) is 88.9 Å². The van der Waals surface area contributed by atoms with Crippen LogP contribution in [0.4, 0.5) is 24.5 Å². The second kappa shape index (κ2) is 10.8. The smallest absolute Gasteiger partial charge is 0.326 e. The number of hydrogen-bond acceptors (Lipinski definition) is 3. The van der Waals surface area contributed by atoms with Crippen molar-refractivity contribution < 1.29 is 22.8 Å². The lowest BCUT2D eigenvalue weighted by Crippen LogP contribution is -2.22. The van der Waals surface area contributed by atoms with Gasteiger partial charge in [-0.2, -0.15) is 13.2 Å². The topological polar surface area (TPSA) is 58.2 Å². The molecule has 9 heteroatoms. The van der Waals surface area contributed by atoms with E-state index in [1.165, 1.54) is 23.9 Å². The lowest BCUT2D eigenvalue weighted by Gasteiger charge is -2.14. The van der Waals surface area contributed by atoms with Gasteiger partial charge in [0.15, 0.2) is 0 Å².